The van der Waals surface area contributed by atoms with Crippen molar-refractivity contribution in [2.75, 3.05) is 11.4 Å². The number of aryl methyl sites for hydroxylation is 1. The first kappa shape index (κ1) is 21.1. The van der Waals surface area contributed by atoms with Crippen LogP contribution >= 0.6 is 0 Å². The summed E-state index contributed by atoms with van der Waals surface area (Å²) in [5.41, 5.74) is 1.04. The van der Waals surface area contributed by atoms with Crippen LogP contribution in [0.1, 0.15) is 34.3 Å². The van der Waals surface area contributed by atoms with Gasteiger partial charge in [0, 0.05) is 17.7 Å². The molecule has 0 aliphatic carbocycles. The van der Waals surface area contributed by atoms with Gasteiger partial charge in [-0.2, -0.15) is 0 Å². The number of aliphatic hydroxyl groups is 1. The highest BCUT2D eigenvalue weighted by molar-refractivity contribution is 6.11. The Labute approximate surface area is 193 Å². The third-order valence-electron chi connectivity index (χ3n) is 6.42. The third kappa shape index (κ3) is 3.94. The van der Waals surface area contributed by atoms with Crippen molar-refractivity contribution in [1.82, 2.24) is 0 Å². The van der Waals surface area contributed by atoms with Gasteiger partial charge in [-0.3, -0.25) is 9.59 Å². The summed E-state index contributed by atoms with van der Waals surface area (Å²) in [5.74, 6) is -0.677. The SMILES string of the molecule is O=C(C[C@@]1(O)C(=O)N(CCCc2ccccc2)c2ccccc21)c1ccc2ccccc2c1. The van der Waals surface area contributed by atoms with Crippen molar-refractivity contribution in [2.24, 2.45) is 0 Å². The lowest BCUT2D eigenvalue weighted by Gasteiger charge is -2.23. The Morgan fingerprint density at radius 1 is 0.818 bits per heavy atom. The molecule has 33 heavy (non-hydrogen) atoms. The molecule has 1 heterocycles. The summed E-state index contributed by atoms with van der Waals surface area (Å²) in [4.78, 5) is 28.2. The highest BCUT2D eigenvalue weighted by atomic mass is 16.3. The first-order valence-corrected chi connectivity index (χ1v) is 11.3. The number of carbonyl (C=O) groups excluding carboxylic acids is 2. The number of amides is 1. The molecule has 0 bridgehead atoms. The number of Topliss-reactive ketones (excluding diaryl/α,β-unsaturated/α-hetero) is 1. The number of benzene rings is 4. The van der Waals surface area contributed by atoms with E-state index in [-0.39, 0.29) is 12.2 Å². The highest BCUT2D eigenvalue weighted by Crippen LogP contribution is 2.43. The van der Waals surface area contributed by atoms with Gasteiger partial charge in [0.05, 0.1) is 12.1 Å². The minimum absolute atomic E-state index is 0.252. The van der Waals surface area contributed by atoms with Crippen LogP contribution in [-0.4, -0.2) is 23.3 Å². The zero-order valence-corrected chi connectivity index (χ0v) is 18.3. The predicted octanol–water partition coefficient (Wildman–Crippen LogP) is 5.28. The lowest BCUT2D eigenvalue weighted by molar-refractivity contribution is -0.135. The van der Waals surface area contributed by atoms with Crippen molar-refractivity contribution >= 4 is 28.2 Å². The van der Waals surface area contributed by atoms with E-state index < -0.39 is 11.5 Å². The van der Waals surface area contributed by atoms with Gasteiger partial charge >= 0.3 is 0 Å². The largest absolute Gasteiger partial charge is 0.375 e. The fourth-order valence-electron chi connectivity index (χ4n) is 4.68. The second-order valence-electron chi connectivity index (χ2n) is 8.59. The Morgan fingerprint density at radius 3 is 2.33 bits per heavy atom. The smallest absolute Gasteiger partial charge is 0.264 e. The predicted molar refractivity (Wildman–Crippen MR) is 130 cm³/mol. The normalized spacial score (nSPS) is 17.4. The van der Waals surface area contributed by atoms with Crippen LogP contribution in [0.25, 0.3) is 10.8 Å². The number of fused-ring (bicyclic) bond motifs is 2. The Hall–Kier alpha value is -3.76. The summed E-state index contributed by atoms with van der Waals surface area (Å²) in [7, 11) is 0. The molecule has 0 fully saturated rings. The molecule has 1 atom stereocenters. The van der Waals surface area contributed by atoms with Gasteiger partial charge in [0.2, 0.25) is 0 Å². The van der Waals surface area contributed by atoms with Gasteiger partial charge in [0.15, 0.2) is 11.4 Å². The number of hydrogen-bond donors (Lipinski definition) is 1. The zero-order valence-electron chi connectivity index (χ0n) is 18.3. The summed E-state index contributed by atoms with van der Waals surface area (Å²) in [5, 5.41) is 13.5. The maximum atomic E-state index is 13.4. The molecule has 4 aromatic rings. The Morgan fingerprint density at radius 2 is 1.52 bits per heavy atom. The molecule has 1 N–H and O–H groups in total. The van der Waals surface area contributed by atoms with Crippen LogP contribution in [0.15, 0.2) is 97.1 Å². The number of hydrogen-bond acceptors (Lipinski definition) is 3. The number of nitrogens with zero attached hydrogens (tertiary/aromatic N) is 1. The summed E-state index contributed by atoms with van der Waals surface area (Å²) in [6.45, 7) is 0.483. The number of ketones is 1. The van der Waals surface area contributed by atoms with E-state index in [2.05, 4.69) is 12.1 Å². The monoisotopic (exact) mass is 435 g/mol. The van der Waals surface area contributed by atoms with E-state index in [9.17, 15) is 14.7 Å². The average Bonchev–Trinajstić information content (AvgIpc) is 3.06. The molecule has 1 aliphatic rings. The second kappa shape index (κ2) is 8.64. The second-order valence-corrected chi connectivity index (χ2v) is 8.59. The minimum atomic E-state index is -1.86. The molecule has 164 valence electrons. The lowest BCUT2D eigenvalue weighted by Crippen LogP contribution is -2.42. The molecular formula is C29H25NO3. The Balaban J connectivity index is 1.38. The first-order valence-electron chi connectivity index (χ1n) is 11.3. The van der Waals surface area contributed by atoms with Gasteiger partial charge in [0.25, 0.3) is 5.91 Å². The Bertz CT molecular complexity index is 1330. The lowest BCUT2D eigenvalue weighted by atomic mass is 9.88. The van der Waals surface area contributed by atoms with Crippen molar-refractivity contribution in [3.8, 4) is 0 Å². The average molecular weight is 436 g/mol. The number of anilines is 1. The van der Waals surface area contributed by atoms with Crippen LogP contribution in [0.3, 0.4) is 0 Å². The van der Waals surface area contributed by atoms with Crippen LogP contribution in [-0.2, 0) is 16.8 Å². The van der Waals surface area contributed by atoms with E-state index in [1.807, 2.05) is 66.7 Å². The summed E-state index contributed by atoms with van der Waals surface area (Å²) < 4.78 is 0. The van der Waals surface area contributed by atoms with Crippen molar-refractivity contribution in [3.05, 3.63) is 114 Å². The Kier molecular flexibility index (Phi) is 5.53. The van der Waals surface area contributed by atoms with Crippen LogP contribution in [0.4, 0.5) is 5.69 Å². The molecule has 0 aromatic heterocycles. The van der Waals surface area contributed by atoms with Gasteiger partial charge < -0.3 is 10.0 Å². The van der Waals surface area contributed by atoms with Gasteiger partial charge in [-0.25, -0.2) is 0 Å². The molecule has 0 saturated heterocycles. The molecule has 0 spiro atoms. The molecule has 1 amide bonds. The van der Waals surface area contributed by atoms with Gasteiger partial charge in [-0.15, -0.1) is 0 Å². The standard InChI is InChI=1S/C29H25NO3/c31-27(24-17-16-22-12-4-5-13-23(22)19-24)20-29(33)25-14-6-7-15-26(25)30(28(29)32)18-8-11-21-9-2-1-3-10-21/h1-7,9-10,12-17,19,33H,8,11,18,20H2/t29-/m0/s1. The van der Waals surface area contributed by atoms with E-state index in [4.69, 9.17) is 0 Å². The summed E-state index contributed by atoms with van der Waals surface area (Å²) in [6, 6.07) is 30.7. The number of rotatable bonds is 7. The molecule has 0 radical (unpaired) electrons. The summed E-state index contributed by atoms with van der Waals surface area (Å²) in [6.07, 6.45) is 1.32. The molecule has 1 aliphatic heterocycles. The van der Waals surface area contributed by atoms with Crippen molar-refractivity contribution < 1.29 is 14.7 Å². The van der Waals surface area contributed by atoms with Crippen molar-refractivity contribution in [1.29, 1.82) is 0 Å². The van der Waals surface area contributed by atoms with E-state index in [1.165, 1.54) is 5.56 Å². The maximum absolute atomic E-state index is 13.4. The molecule has 5 rings (SSSR count). The summed E-state index contributed by atoms with van der Waals surface area (Å²) >= 11 is 0. The quantitative estimate of drug-likeness (QED) is 0.402. The van der Waals surface area contributed by atoms with Gasteiger partial charge in [0.1, 0.15) is 0 Å². The van der Waals surface area contributed by atoms with E-state index in [0.717, 1.165) is 23.6 Å². The fraction of sp³-hybridized carbons (Fsp3) is 0.172. The third-order valence-corrected chi connectivity index (χ3v) is 6.42. The molecule has 4 heteroatoms. The molecule has 0 saturated carbocycles. The van der Waals surface area contributed by atoms with Crippen LogP contribution in [0, 0.1) is 0 Å². The van der Waals surface area contributed by atoms with E-state index in [0.29, 0.717) is 23.4 Å². The first-order chi connectivity index (χ1) is 16.1. The van der Waals surface area contributed by atoms with Crippen LogP contribution < -0.4 is 4.90 Å². The molecule has 4 nitrogen and oxygen atoms in total. The number of carbonyl (C=O) groups is 2. The topological polar surface area (TPSA) is 57.6 Å². The van der Waals surface area contributed by atoms with Crippen molar-refractivity contribution in [2.45, 2.75) is 24.9 Å². The minimum Gasteiger partial charge on any atom is -0.375 e. The van der Waals surface area contributed by atoms with E-state index >= 15 is 0 Å². The van der Waals surface area contributed by atoms with E-state index in [1.54, 1.807) is 23.1 Å². The highest BCUT2D eigenvalue weighted by Gasteiger charge is 2.50. The van der Waals surface area contributed by atoms with Crippen molar-refractivity contribution in [3.63, 3.8) is 0 Å². The van der Waals surface area contributed by atoms with Gasteiger partial charge in [-0.1, -0.05) is 84.9 Å². The number of para-hydroxylation sites is 1. The fourth-order valence-corrected chi connectivity index (χ4v) is 4.68. The van der Waals surface area contributed by atoms with Crippen LogP contribution in [0.2, 0.25) is 0 Å². The molecule has 0 unspecified atom stereocenters. The molecular weight excluding hydrogens is 410 g/mol. The maximum Gasteiger partial charge on any atom is 0.264 e. The zero-order chi connectivity index (χ0) is 22.8. The van der Waals surface area contributed by atoms with Crippen LogP contribution in [0.5, 0.6) is 0 Å². The van der Waals surface area contributed by atoms with Gasteiger partial charge in [-0.05, 0) is 41.3 Å². The molecule has 4 aromatic carbocycles.